The van der Waals surface area contributed by atoms with Gasteiger partial charge in [0.2, 0.25) is 0 Å². The molecule has 0 radical (unpaired) electrons. The Morgan fingerprint density at radius 3 is 2.80 bits per heavy atom. The highest BCUT2D eigenvalue weighted by molar-refractivity contribution is 7.87. The van der Waals surface area contributed by atoms with Gasteiger partial charge in [0.1, 0.15) is 5.82 Å². The largest absolute Gasteiger partial charge is 0.395 e. The molecule has 0 amide bonds. The third-order valence-corrected chi connectivity index (χ3v) is 5.10. The number of hydrogen-bond acceptors (Lipinski definition) is 3. The zero-order chi connectivity index (χ0) is 14.6. The van der Waals surface area contributed by atoms with Crippen LogP contribution in [0, 0.1) is 5.82 Å². The zero-order valence-electron chi connectivity index (χ0n) is 11.1. The summed E-state index contributed by atoms with van der Waals surface area (Å²) in [5, 5.41) is 9.26. The summed E-state index contributed by atoms with van der Waals surface area (Å²) in [6.45, 7) is 0.0993. The Kier molecular flexibility index (Phi) is 5.09. The minimum absolute atomic E-state index is 0.0936. The van der Waals surface area contributed by atoms with Crippen LogP contribution in [0.5, 0.6) is 0 Å². The highest BCUT2D eigenvalue weighted by Crippen LogP contribution is 2.19. The van der Waals surface area contributed by atoms with Crippen molar-refractivity contribution in [1.29, 1.82) is 0 Å². The van der Waals surface area contributed by atoms with E-state index >= 15 is 0 Å². The van der Waals surface area contributed by atoms with E-state index in [-0.39, 0.29) is 19.2 Å². The van der Waals surface area contributed by atoms with Crippen molar-refractivity contribution in [3.8, 4) is 0 Å². The van der Waals surface area contributed by atoms with E-state index in [0.29, 0.717) is 18.5 Å². The maximum atomic E-state index is 13.5. The normalized spacial score (nSPS) is 21.0. The van der Waals surface area contributed by atoms with E-state index < -0.39 is 16.0 Å². The average Bonchev–Trinajstić information content (AvgIpc) is 2.46. The zero-order valence-corrected chi connectivity index (χ0v) is 11.9. The smallest absolute Gasteiger partial charge is 0.280 e. The van der Waals surface area contributed by atoms with Crippen molar-refractivity contribution < 1.29 is 17.9 Å². The summed E-state index contributed by atoms with van der Waals surface area (Å²) in [5.74, 6) is -0.437. The predicted octanol–water partition coefficient (Wildman–Crippen LogP) is 1.01. The third-order valence-electron chi connectivity index (χ3n) is 3.50. The molecule has 0 aromatic heterocycles. The molecule has 0 saturated carbocycles. The van der Waals surface area contributed by atoms with Crippen LogP contribution in [0.2, 0.25) is 0 Å². The topological polar surface area (TPSA) is 69.6 Å². The molecule has 1 atom stereocenters. The molecule has 1 fully saturated rings. The Morgan fingerprint density at radius 1 is 1.35 bits per heavy atom. The van der Waals surface area contributed by atoms with E-state index in [2.05, 4.69) is 4.72 Å². The number of halogens is 1. The van der Waals surface area contributed by atoms with E-state index in [1.54, 1.807) is 12.1 Å². The summed E-state index contributed by atoms with van der Waals surface area (Å²) in [5.41, 5.74) is 0.300. The first-order chi connectivity index (χ1) is 9.54. The second-order valence-corrected chi connectivity index (χ2v) is 6.57. The van der Waals surface area contributed by atoms with Crippen LogP contribution < -0.4 is 4.72 Å². The van der Waals surface area contributed by atoms with Crippen molar-refractivity contribution in [2.45, 2.75) is 31.8 Å². The summed E-state index contributed by atoms with van der Waals surface area (Å²) in [6.07, 6.45) is 2.33. The van der Waals surface area contributed by atoms with Gasteiger partial charge in [-0.2, -0.15) is 17.4 Å². The molecule has 0 bridgehead atoms. The van der Waals surface area contributed by atoms with Crippen molar-refractivity contribution in [2.24, 2.45) is 0 Å². The Bertz CT molecular complexity index is 550. The Balaban J connectivity index is 2.05. The van der Waals surface area contributed by atoms with Gasteiger partial charge in [0, 0.05) is 24.7 Å². The second-order valence-electron chi connectivity index (χ2n) is 4.86. The molecule has 0 aliphatic carbocycles. The Hall–Kier alpha value is -1.02. The van der Waals surface area contributed by atoms with Gasteiger partial charge in [-0.05, 0) is 18.9 Å². The molecule has 1 saturated heterocycles. The first-order valence-corrected chi connectivity index (χ1v) is 8.09. The number of nitrogens with one attached hydrogen (secondary N) is 1. The van der Waals surface area contributed by atoms with Crippen LogP contribution in [-0.4, -0.2) is 37.0 Å². The summed E-state index contributed by atoms with van der Waals surface area (Å²) in [6, 6.07) is 5.66. The Morgan fingerprint density at radius 2 is 2.10 bits per heavy atom. The molecule has 0 spiro atoms. The molecular formula is C13H19FN2O3S. The van der Waals surface area contributed by atoms with E-state index in [9.17, 15) is 17.9 Å². The lowest BCUT2D eigenvalue weighted by atomic mass is 10.1. The van der Waals surface area contributed by atoms with Crippen LogP contribution >= 0.6 is 0 Å². The van der Waals surface area contributed by atoms with Crippen LogP contribution in [-0.2, 0) is 16.8 Å². The Labute approximate surface area is 118 Å². The van der Waals surface area contributed by atoms with E-state index in [0.717, 1.165) is 12.8 Å². The van der Waals surface area contributed by atoms with Crippen molar-refractivity contribution in [2.75, 3.05) is 13.2 Å². The van der Waals surface area contributed by atoms with Crippen LogP contribution in [0.4, 0.5) is 4.39 Å². The van der Waals surface area contributed by atoms with Crippen molar-refractivity contribution in [3.63, 3.8) is 0 Å². The monoisotopic (exact) mass is 302 g/mol. The molecule has 1 aliphatic heterocycles. The minimum Gasteiger partial charge on any atom is -0.395 e. The van der Waals surface area contributed by atoms with Gasteiger partial charge in [0.05, 0.1) is 6.61 Å². The fourth-order valence-corrected chi connectivity index (χ4v) is 3.80. The molecule has 112 valence electrons. The summed E-state index contributed by atoms with van der Waals surface area (Å²) in [7, 11) is -3.70. The first-order valence-electron chi connectivity index (χ1n) is 6.65. The fraction of sp³-hybridized carbons (Fsp3) is 0.538. The van der Waals surface area contributed by atoms with Gasteiger partial charge in [0.25, 0.3) is 10.2 Å². The maximum Gasteiger partial charge on any atom is 0.280 e. The van der Waals surface area contributed by atoms with Gasteiger partial charge in [-0.1, -0.05) is 24.6 Å². The summed E-state index contributed by atoms with van der Waals surface area (Å²) >= 11 is 0. The quantitative estimate of drug-likeness (QED) is 0.853. The number of nitrogens with zero attached hydrogens (tertiary/aromatic N) is 1. The highest BCUT2D eigenvalue weighted by Gasteiger charge is 2.31. The number of aliphatic hydroxyl groups excluding tert-OH is 1. The standard InChI is InChI=1S/C13H19FN2O3S/c14-13-7-2-1-5-11(13)9-15-20(18,19)16-8-4-3-6-12(16)10-17/h1-2,5,7,12,15,17H,3-4,6,8-10H2. The van der Waals surface area contributed by atoms with Gasteiger partial charge in [0.15, 0.2) is 0 Å². The maximum absolute atomic E-state index is 13.5. The third kappa shape index (κ3) is 3.54. The average molecular weight is 302 g/mol. The van der Waals surface area contributed by atoms with E-state index in [1.807, 2.05) is 0 Å². The first kappa shape index (κ1) is 15.4. The minimum atomic E-state index is -3.70. The van der Waals surface area contributed by atoms with E-state index in [1.165, 1.54) is 16.4 Å². The molecule has 2 N–H and O–H groups in total. The molecule has 1 aromatic rings. The second kappa shape index (κ2) is 6.62. The van der Waals surface area contributed by atoms with Crippen molar-refractivity contribution in [1.82, 2.24) is 9.03 Å². The number of benzene rings is 1. The lowest BCUT2D eigenvalue weighted by Gasteiger charge is -2.33. The summed E-state index contributed by atoms with van der Waals surface area (Å²) < 4.78 is 41.6. The number of rotatable bonds is 5. The van der Waals surface area contributed by atoms with Crippen molar-refractivity contribution in [3.05, 3.63) is 35.6 Å². The number of piperidine rings is 1. The molecule has 1 heterocycles. The van der Waals surface area contributed by atoms with Gasteiger partial charge in [-0.3, -0.25) is 0 Å². The number of hydrogen-bond donors (Lipinski definition) is 2. The van der Waals surface area contributed by atoms with Gasteiger partial charge >= 0.3 is 0 Å². The lowest BCUT2D eigenvalue weighted by molar-refractivity contribution is 0.154. The molecule has 20 heavy (non-hydrogen) atoms. The molecule has 2 rings (SSSR count). The molecule has 5 nitrogen and oxygen atoms in total. The van der Waals surface area contributed by atoms with Crippen LogP contribution in [0.3, 0.4) is 0 Å². The predicted molar refractivity (Wildman–Crippen MR) is 73.6 cm³/mol. The molecule has 7 heteroatoms. The van der Waals surface area contributed by atoms with Crippen LogP contribution in [0.25, 0.3) is 0 Å². The van der Waals surface area contributed by atoms with Gasteiger partial charge < -0.3 is 5.11 Å². The SMILES string of the molecule is O=S(=O)(NCc1ccccc1F)N1CCCCC1CO. The number of aliphatic hydroxyl groups is 1. The summed E-state index contributed by atoms with van der Waals surface area (Å²) in [4.78, 5) is 0. The van der Waals surface area contributed by atoms with Crippen LogP contribution in [0.1, 0.15) is 24.8 Å². The molecule has 1 aromatic carbocycles. The fourth-order valence-electron chi connectivity index (χ4n) is 2.37. The molecule has 1 aliphatic rings. The van der Waals surface area contributed by atoms with E-state index in [4.69, 9.17) is 0 Å². The molecular weight excluding hydrogens is 283 g/mol. The van der Waals surface area contributed by atoms with Gasteiger partial charge in [-0.15, -0.1) is 0 Å². The van der Waals surface area contributed by atoms with Gasteiger partial charge in [-0.25, -0.2) is 4.39 Å². The van der Waals surface area contributed by atoms with Crippen LogP contribution in [0.15, 0.2) is 24.3 Å². The highest BCUT2D eigenvalue weighted by atomic mass is 32.2. The van der Waals surface area contributed by atoms with Crippen molar-refractivity contribution >= 4 is 10.2 Å². The lowest BCUT2D eigenvalue weighted by Crippen LogP contribution is -2.50. The molecule has 1 unspecified atom stereocenters.